The number of nitrogens with one attached hydrogen (secondary N) is 1. The van der Waals surface area contributed by atoms with Crippen molar-refractivity contribution in [1.82, 2.24) is 19.9 Å². The molecule has 0 aliphatic heterocycles. The van der Waals surface area contributed by atoms with Crippen LogP contribution in [0.25, 0.3) is 10.9 Å². The summed E-state index contributed by atoms with van der Waals surface area (Å²) in [5, 5.41) is 4.50. The van der Waals surface area contributed by atoms with Crippen molar-refractivity contribution < 1.29 is 0 Å². The molecule has 2 heterocycles. The molecule has 0 bridgehead atoms. The maximum absolute atomic E-state index is 4.79. The normalized spacial score (nSPS) is 12.7. The Morgan fingerprint density at radius 1 is 1.19 bits per heavy atom. The van der Waals surface area contributed by atoms with E-state index in [1.165, 1.54) is 0 Å². The van der Waals surface area contributed by atoms with Crippen LogP contribution in [0.3, 0.4) is 0 Å². The number of rotatable bonds is 5. The maximum Gasteiger partial charge on any atom is 0.132 e. The van der Waals surface area contributed by atoms with Gasteiger partial charge in [0.25, 0.3) is 0 Å². The number of pyridine rings is 1. The van der Waals surface area contributed by atoms with Gasteiger partial charge in [0.2, 0.25) is 0 Å². The lowest BCUT2D eigenvalue weighted by molar-refractivity contribution is 0.560. The molecule has 4 nitrogen and oxygen atoms in total. The SMILES string of the molecule is CCCn1ccnc1C(NC)c1ccc2ccccc2n1. The van der Waals surface area contributed by atoms with Crippen LogP contribution in [0.4, 0.5) is 0 Å². The molecule has 0 saturated heterocycles. The van der Waals surface area contributed by atoms with E-state index in [0.29, 0.717) is 0 Å². The Balaban J connectivity index is 2.03. The van der Waals surface area contributed by atoms with Crippen molar-refractivity contribution in [3.05, 3.63) is 60.3 Å². The van der Waals surface area contributed by atoms with Gasteiger partial charge in [-0.15, -0.1) is 0 Å². The molecule has 0 saturated carbocycles. The van der Waals surface area contributed by atoms with Crippen molar-refractivity contribution in [3.8, 4) is 0 Å². The van der Waals surface area contributed by atoms with Crippen molar-refractivity contribution in [1.29, 1.82) is 0 Å². The van der Waals surface area contributed by atoms with Gasteiger partial charge in [-0.05, 0) is 25.6 Å². The summed E-state index contributed by atoms with van der Waals surface area (Å²) in [5.74, 6) is 1.02. The summed E-state index contributed by atoms with van der Waals surface area (Å²) in [6.07, 6.45) is 4.98. The molecule has 3 aromatic rings. The van der Waals surface area contributed by atoms with Gasteiger partial charge in [0, 0.05) is 24.3 Å². The Kier molecular flexibility index (Phi) is 3.97. The van der Waals surface area contributed by atoms with Gasteiger partial charge in [-0.3, -0.25) is 4.98 Å². The predicted molar refractivity (Wildman–Crippen MR) is 85.2 cm³/mol. The number of para-hydroxylation sites is 1. The first-order valence-corrected chi connectivity index (χ1v) is 7.37. The minimum atomic E-state index is 0.0103. The molecule has 21 heavy (non-hydrogen) atoms. The highest BCUT2D eigenvalue weighted by Crippen LogP contribution is 2.21. The fourth-order valence-corrected chi connectivity index (χ4v) is 2.66. The second-order valence-corrected chi connectivity index (χ2v) is 5.13. The summed E-state index contributed by atoms with van der Waals surface area (Å²) in [6, 6.07) is 12.4. The number of aryl methyl sites for hydroxylation is 1. The summed E-state index contributed by atoms with van der Waals surface area (Å²) in [7, 11) is 1.95. The Morgan fingerprint density at radius 2 is 2.05 bits per heavy atom. The van der Waals surface area contributed by atoms with Gasteiger partial charge in [-0.2, -0.15) is 0 Å². The highest BCUT2D eigenvalue weighted by atomic mass is 15.1. The van der Waals surface area contributed by atoms with Gasteiger partial charge in [-0.25, -0.2) is 4.98 Å². The number of imidazole rings is 1. The van der Waals surface area contributed by atoms with Crippen LogP contribution < -0.4 is 5.32 Å². The van der Waals surface area contributed by atoms with E-state index in [2.05, 4.69) is 40.0 Å². The lowest BCUT2D eigenvalue weighted by Crippen LogP contribution is -2.23. The average Bonchev–Trinajstić information content (AvgIpc) is 2.97. The van der Waals surface area contributed by atoms with Gasteiger partial charge in [0.05, 0.1) is 11.2 Å². The van der Waals surface area contributed by atoms with Gasteiger partial charge < -0.3 is 9.88 Å². The van der Waals surface area contributed by atoms with Crippen LogP contribution in [0.1, 0.15) is 30.9 Å². The average molecular weight is 280 g/mol. The number of fused-ring (bicyclic) bond motifs is 1. The van der Waals surface area contributed by atoms with Crippen molar-refractivity contribution in [2.75, 3.05) is 7.05 Å². The number of aromatic nitrogens is 3. The van der Waals surface area contributed by atoms with E-state index in [1.54, 1.807) is 0 Å². The van der Waals surface area contributed by atoms with Crippen molar-refractivity contribution in [2.24, 2.45) is 0 Å². The highest BCUT2D eigenvalue weighted by Gasteiger charge is 2.18. The lowest BCUT2D eigenvalue weighted by atomic mass is 10.1. The number of hydrogen-bond acceptors (Lipinski definition) is 3. The zero-order valence-electron chi connectivity index (χ0n) is 12.5. The van der Waals surface area contributed by atoms with Crippen LogP contribution in [-0.4, -0.2) is 21.6 Å². The van der Waals surface area contributed by atoms with Gasteiger partial charge in [0.15, 0.2) is 0 Å². The minimum Gasteiger partial charge on any atom is -0.333 e. The maximum atomic E-state index is 4.79. The van der Waals surface area contributed by atoms with Crippen LogP contribution in [-0.2, 0) is 6.54 Å². The standard InChI is InChI=1S/C17H20N4/c1-3-11-21-12-10-19-17(21)16(18-2)15-9-8-13-6-4-5-7-14(13)20-15/h4-10,12,16,18H,3,11H2,1-2H3. The first-order valence-electron chi connectivity index (χ1n) is 7.37. The van der Waals surface area contributed by atoms with Crippen molar-refractivity contribution in [3.63, 3.8) is 0 Å². The number of hydrogen-bond donors (Lipinski definition) is 1. The Hall–Kier alpha value is -2.20. The second-order valence-electron chi connectivity index (χ2n) is 5.13. The Labute approximate surface area is 124 Å². The van der Waals surface area contributed by atoms with Gasteiger partial charge >= 0.3 is 0 Å². The van der Waals surface area contributed by atoms with E-state index in [0.717, 1.165) is 35.4 Å². The predicted octanol–water partition coefficient (Wildman–Crippen LogP) is 3.15. The fourth-order valence-electron chi connectivity index (χ4n) is 2.66. The minimum absolute atomic E-state index is 0.0103. The molecular formula is C17H20N4. The molecule has 0 spiro atoms. The molecule has 1 atom stereocenters. The number of benzene rings is 1. The van der Waals surface area contributed by atoms with Crippen LogP contribution >= 0.6 is 0 Å². The smallest absolute Gasteiger partial charge is 0.132 e. The van der Waals surface area contributed by atoms with Crippen LogP contribution in [0.5, 0.6) is 0 Å². The van der Waals surface area contributed by atoms with Crippen molar-refractivity contribution in [2.45, 2.75) is 25.9 Å². The van der Waals surface area contributed by atoms with E-state index in [4.69, 9.17) is 4.98 Å². The molecule has 0 aliphatic carbocycles. The molecule has 0 aliphatic rings. The third kappa shape index (κ3) is 2.67. The third-order valence-electron chi connectivity index (χ3n) is 3.67. The van der Waals surface area contributed by atoms with E-state index in [9.17, 15) is 0 Å². The molecule has 4 heteroatoms. The van der Waals surface area contributed by atoms with E-state index in [1.807, 2.05) is 37.6 Å². The summed E-state index contributed by atoms with van der Waals surface area (Å²) in [6.45, 7) is 3.15. The summed E-state index contributed by atoms with van der Waals surface area (Å²) >= 11 is 0. The summed E-state index contributed by atoms with van der Waals surface area (Å²) in [5.41, 5.74) is 2.02. The molecule has 2 aromatic heterocycles. The monoisotopic (exact) mass is 280 g/mol. The third-order valence-corrected chi connectivity index (χ3v) is 3.67. The summed E-state index contributed by atoms with van der Waals surface area (Å²) < 4.78 is 2.19. The van der Waals surface area contributed by atoms with Gasteiger partial charge in [0.1, 0.15) is 11.9 Å². The molecule has 0 radical (unpaired) electrons. The zero-order valence-corrected chi connectivity index (χ0v) is 12.5. The topological polar surface area (TPSA) is 42.7 Å². The van der Waals surface area contributed by atoms with Crippen molar-refractivity contribution >= 4 is 10.9 Å². The molecule has 0 amide bonds. The summed E-state index contributed by atoms with van der Waals surface area (Å²) in [4.78, 5) is 9.31. The molecule has 108 valence electrons. The van der Waals surface area contributed by atoms with E-state index in [-0.39, 0.29) is 6.04 Å². The molecule has 3 rings (SSSR count). The Bertz CT molecular complexity index is 732. The molecule has 1 N–H and O–H groups in total. The quantitative estimate of drug-likeness (QED) is 0.780. The second kappa shape index (κ2) is 6.06. The van der Waals surface area contributed by atoms with E-state index >= 15 is 0 Å². The first-order chi connectivity index (χ1) is 10.3. The largest absolute Gasteiger partial charge is 0.333 e. The molecule has 1 aromatic carbocycles. The van der Waals surface area contributed by atoms with E-state index < -0.39 is 0 Å². The zero-order chi connectivity index (χ0) is 14.7. The lowest BCUT2D eigenvalue weighted by Gasteiger charge is -2.17. The first kappa shape index (κ1) is 13.8. The molecule has 0 fully saturated rings. The Morgan fingerprint density at radius 3 is 2.86 bits per heavy atom. The molecular weight excluding hydrogens is 260 g/mol. The van der Waals surface area contributed by atoms with Crippen LogP contribution in [0, 0.1) is 0 Å². The van der Waals surface area contributed by atoms with Crippen LogP contribution in [0.15, 0.2) is 48.8 Å². The molecule has 1 unspecified atom stereocenters. The van der Waals surface area contributed by atoms with Crippen LogP contribution in [0.2, 0.25) is 0 Å². The van der Waals surface area contributed by atoms with Gasteiger partial charge in [-0.1, -0.05) is 31.2 Å². The number of nitrogens with zero attached hydrogens (tertiary/aromatic N) is 3. The fraction of sp³-hybridized carbons (Fsp3) is 0.294. The highest BCUT2D eigenvalue weighted by molar-refractivity contribution is 5.78.